The molecule has 0 aromatic heterocycles. The lowest BCUT2D eigenvalue weighted by Gasteiger charge is -2.45. The Balaban J connectivity index is 2.51. The Morgan fingerprint density at radius 2 is 2.21 bits per heavy atom. The number of allylic oxidation sites excluding steroid dienone is 2. The minimum Gasteiger partial charge on any atom is -0.500 e. The maximum Gasteiger partial charge on any atom is 0.231 e. The molecule has 5 nitrogen and oxygen atoms in total. The van der Waals surface area contributed by atoms with Crippen LogP contribution in [-0.4, -0.2) is 38.3 Å². The van der Waals surface area contributed by atoms with Gasteiger partial charge in [0, 0.05) is 13.2 Å². The molecule has 0 radical (unpaired) electrons. The van der Waals surface area contributed by atoms with Crippen LogP contribution >= 0.6 is 0 Å². The number of nitrogens with one attached hydrogen (secondary N) is 1. The first kappa shape index (κ1) is 14.1. The van der Waals surface area contributed by atoms with Crippen molar-refractivity contribution in [2.24, 2.45) is 11.7 Å². The Morgan fingerprint density at radius 1 is 1.47 bits per heavy atom. The van der Waals surface area contributed by atoms with Gasteiger partial charge in [-0.2, -0.15) is 0 Å². The highest BCUT2D eigenvalue weighted by Crippen LogP contribution is 2.42. The molecule has 1 aliphatic carbocycles. The Labute approximate surface area is 113 Å². The summed E-state index contributed by atoms with van der Waals surface area (Å²) in [6.07, 6.45) is 5.78. The molecule has 19 heavy (non-hydrogen) atoms. The SMILES string of the molecule is COC1=CC=C(C)C(OC)(C2CCCN2)C1C(N)=O. The highest BCUT2D eigenvalue weighted by Gasteiger charge is 2.54. The summed E-state index contributed by atoms with van der Waals surface area (Å²) in [6, 6.07) is 0.0742. The van der Waals surface area contributed by atoms with Crippen LogP contribution in [0.15, 0.2) is 23.5 Å². The molecule has 1 heterocycles. The Bertz CT molecular complexity index is 424. The Kier molecular flexibility index (Phi) is 3.96. The maximum atomic E-state index is 12.0. The number of ether oxygens (including phenoxy) is 2. The van der Waals surface area contributed by atoms with Crippen molar-refractivity contribution in [2.75, 3.05) is 20.8 Å². The number of hydrogen-bond acceptors (Lipinski definition) is 4. The molecule has 0 aromatic rings. The van der Waals surface area contributed by atoms with E-state index in [0.717, 1.165) is 25.0 Å². The van der Waals surface area contributed by atoms with Crippen LogP contribution in [0.2, 0.25) is 0 Å². The normalized spacial score (nSPS) is 34.7. The van der Waals surface area contributed by atoms with Crippen molar-refractivity contribution in [3.05, 3.63) is 23.5 Å². The quantitative estimate of drug-likeness (QED) is 0.786. The molecule has 3 unspecified atom stereocenters. The topological polar surface area (TPSA) is 73.6 Å². The van der Waals surface area contributed by atoms with Gasteiger partial charge in [-0.1, -0.05) is 6.08 Å². The summed E-state index contributed by atoms with van der Waals surface area (Å²) in [7, 11) is 3.19. The van der Waals surface area contributed by atoms with E-state index in [1.807, 2.05) is 13.0 Å². The molecule has 2 aliphatic rings. The van der Waals surface area contributed by atoms with Gasteiger partial charge in [0.15, 0.2) is 0 Å². The predicted octanol–water partition coefficient (Wildman–Crippen LogP) is 0.715. The molecule has 0 spiro atoms. The fraction of sp³-hybridized carbons (Fsp3) is 0.643. The molecule has 2 rings (SSSR count). The Hall–Kier alpha value is -1.33. The van der Waals surface area contributed by atoms with E-state index >= 15 is 0 Å². The second-order valence-corrected chi connectivity index (χ2v) is 5.10. The molecule has 0 aromatic carbocycles. The molecule has 3 atom stereocenters. The van der Waals surface area contributed by atoms with Crippen LogP contribution in [0.1, 0.15) is 19.8 Å². The van der Waals surface area contributed by atoms with Gasteiger partial charge in [-0.15, -0.1) is 0 Å². The van der Waals surface area contributed by atoms with Crippen molar-refractivity contribution in [3.63, 3.8) is 0 Å². The summed E-state index contributed by atoms with van der Waals surface area (Å²) in [4.78, 5) is 12.0. The van der Waals surface area contributed by atoms with Gasteiger partial charge in [0.25, 0.3) is 0 Å². The molecular formula is C14H22N2O3. The van der Waals surface area contributed by atoms with Crippen LogP contribution in [-0.2, 0) is 14.3 Å². The number of methoxy groups -OCH3 is 2. The minimum absolute atomic E-state index is 0.0742. The molecular weight excluding hydrogens is 244 g/mol. The van der Waals surface area contributed by atoms with E-state index in [1.165, 1.54) is 0 Å². The van der Waals surface area contributed by atoms with E-state index in [4.69, 9.17) is 15.2 Å². The summed E-state index contributed by atoms with van der Waals surface area (Å²) in [6.45, 7) is 2.91. The third-order valence-electron chi connectivity index (χ3n) is 4.26. The molecule has 5 heteroatoms. The van der Waals surface area contributed by atoms with Gasteiger partial charge in [0.05, 0.1) is 7.11 Å². The number of carbonyl (C=O) groups excluding carboxylic acids is 1. The highest BCUT2D eigenvalue weighted by molar-refractivity contribution is 5.82. The summed E-state index contributed by atoms with van der Waals surface area (Å²) in [5.74, 6) is -0.451. The standard InChI is InChI=1S/C14H22N2O3/c1-9-6-7-10(18-2)12(13(15)17)14(9,19-3)11-5-4-8-16-11/h6-7,11-12,16H,4-5,8H2,1-3H3,(H2,15,17). The smallest absolute Gasteiger partial charge is 0.231 e. The van der Waals surface area contributed by atoms with Crippen LogP contribution in [0.25, 0.3) is 0 Å². The maximum absolute atomic E-state index is 12.0. The molecule has 0 bridgehead atoms. The molecule has 1 amide bonds. The number of primary amides is 1. The first-order valence-electron chi connectivity index (χ1n) is 6.58. The first-order chi connectivity index (χ1) is 9.07. The second kappa shape index (κ2) is 5.35. The van der Waals surface area contributed by atoms with Gasteiger partial charge in [-0.25, -0.2) is 0 Å². The van der Waals surface area contributed by atoms with Crippen molar-refractivity contribution in [1.82, 2.24) is 5.32 Å². The lowest BCUT2D eigenvalue weighted by molar-refractivity contribution is -0.134. The zero-order valence-corrected chi connectivity index (χ0v) is 11.7. The van der Waals surface area contributed by atoms with Crippen LogP contribution in [0.4, 0.5) is 0 Å². The summed E-state index contributed by atoms with van der Waals surface area (Å²) in [5.41, 5.74) is 5.87. The third kappa shape index (κ3) is 2.07. The molecule has 1 aliphatic heterocycles. The van der Waals surface area contributed by atoms with E-state index in [-0.39, 0.29) is 6.04 Å². The molecule has 106 valence electrons. The first-order valence-corrected chi connectivity index (χ1v) is 6.58. The lowest BCUT2D eigenvalue weighted by Crippen LogP contribution is -2.60. The predicted molar refractivity (Wildman–Crippen MR) is 72.3 cm³/mol. The fourth-order valence-corrected chi connectivity index (χ4v) is 3.36. The minimum atomic E-state index is -0.748. The van der Waals surface area contributed by atoms with Gasteiger partial charge in [0.2, 0.25) is 5.91 Å². The van der Waals surface area contributed by atoms with E-state index < -0.39 is 17.4 Å². The van der Waals surface area contributed by atoms with Gasteiger partial charge < -0.3 is 20.5 Å². The van der Waals surface area contributed by atoms with Crippen LogP contribution in [0.3, 0.4) is 0 Å². The third-order valence-corrected chi connectivity index (χ3v) is 4.26. The zero-order valence-electron chi connectivity index (χ0n) is 11.7. The summed E-state index contributed by atoms with van der Waals surface area (Å²) >= 11 is 0. The summed E-state index contributed by atoms with van der Waals surface area (Å²) < 4.78 is 11.2. The van der Waals surface area contributed by atoms with E-state index in [2.05, 4.69) is 5.32 Å². The van der Waals surface area contributed by atoms with E-state index in [0.29, 0.717) is 5.76 Å². The number of rotatable bonds is 4. The largest absolute Gasteiger partial charge is 0.500 e. The average Bonchev–Trinajstić information content (AvgIpc) is 2.92. The van der Waals surface area contributed by atoms with Crippen LogP contribution in [0.5, 0.6) is 0 Å². The number of carbonyl (C=O) groups is 1. The molecule has 3 N–H and O–H groups in total. The lowest BCUT2D eigenvalue weighted by atomic mass is 9.71. The fourth-order valence-electron chi connectivity index (χ4n) is 3.36. The van der Waals surface area contributed by atoms with Gasteiger partial charge in [0.1, 0.15) is 17.3 Å². The second-order valence-electron chi connectivity index (χ2n) is 5.10. The Morgan fingerprint density at radius 3 is 2.68 bits per heavy atom. The van der Waals surface area contributed by atoms with Crippen molar-refractivity contribution < 1.29 is 14.3 Å². The number of amides is 1. The highest BCUT2D eigenvalue weighted by atomic mass is 16.5. The summed E-state index contributed by atoms with van der Waals surface area (Å²) in [5, 5.41) is 3.42. The van der Waals surface area contributed by atoms with Crippen molar-refractivity contribution in [3.8, 4) is 0 Å². The van der Waals surface area contributed by atoms with Gasteiger partial charge in [-0.3, -0.25) is 4.79 Å². The van der Waals surface area contributed by atoms with Gasteiger partial charge >= 0.3 is 0 Å². The van der Waals surface area contributed by atoms with E-state index in [9.17, 15) is 4.79 Å². The van der Waals surface area contributed by atoms with Crippen LogP contribution < -0.4 is 11.1 Å². The van der Waals surface area contributed by atoms with Crippen molar-refractivity contribution >= 4 is 5.91 Å². The van der Waals surface area contributed by atoms with Crippen LogP contribution in [0, 0.1) is 5.92 Å². The van der Waals surface area contributed by atoms with Gasteiger partial charge in [-0.05, 0) is 38.0 Å². The molecule has 1 saturated heterocycles. The zero-order chi connectivity index (χ0) is 14.0. The van der Waals surface area contributed by atoms with E-state index in [1.54, 1.807) is 20.3 Å². The monoisotopic (exact) mass is 266 g/mol. The average molecular weight is 266 g/mol. The van der Waals surface area contributed by atoms with Crippen molar-refractivity contribution in [2.45, 2.75) is 31.4 Å². The molecule has 0 saturated carbocycles. The number of hydrogen-bond donors (Lipinski definition) is 2. The number of nitrogens with two attached hydrogens (primary N) is 1. The molecule has 1 fully saturated rings. The van der Waals surface area contributed by atoms with Crippen molar-refractivity contribution in [1.29, 1.82) is 0 Å².